The number of hydrogen-bond donors (Lipinski definition) is 2. The summed E-state index contributed by atoms with van der Waals surface area (Å²) in [5.74, 6) is 0. The lowest BCUT2D eigenvalue weighted by molar-refractivity contribution is 0.0982. The number of rotatable bonds is 7. The molecule has 1 aliphatic rings. The zero-order valence-corrected chi connectivity index (χ0v) is 10.5. The van der Waals surface area contributed by atoms with Crippen molar-refractivity contribution in [1.82, 2.24) is 10.2 Å². The van der Waals surface area contributed by atoms with Gasteiger partial charge >= 0.3 is 0 Å². The van der Waals surface area contributed by atoms with Crippen LogP contribution in [-0.2, 0) is 0 Å². The van der Waals surface area contributed by atoms with Gasteiger partial charge in [0.25, 0.3) is 0 Å². The third-order valence-electron chi connectivity index (χ3n) is 3.19. The molecular formula is C13H26N2O. The highest BCUT2D eigenvalue weighted by molar-refractivity contribution is 5.01. The molecule has 0 aromatic heterocycles. The first-order chi connectivity index (χ1) is 7.77. The lowest BCUT2D eigenvalue weighted by atomic mass is 10.0. The van der Waals surface area contributed by atoms with E-state index in [9.17, 15) is 5.11 Å². The average molecular weight is 226 g/mol. The third kappa shape index (κ3) is 4.64. The Morgan fingerprint density at radius 1 is 1.50 bits per heavy atom. The van der Waals surface area contributed by atoms with E-state index in [1.807, 2.05) is 0 Å². The molecule has 0 amide bonds. The van der Waals surface area contributed by atoms with E-state index in [1.54, 1.807) is 0 Å². The highest BCUT2D eigenvalue weighted by Crippen LogP contribution is 2.17. The molecule has 94 valence electrons. The summed E-state index contributed by atoms with van der Waals surface area (Å²) in [6.07, 6.45) is 4.80. The summed E-state index contributed by atoms with van der Waals surface area (Å²) in [5, 5.41) is 12.7. The van der Waals surface area contributed by atoms with Gasteiger partial charge in [-0.05, 0) is 37.9 Å². The standard InChI is InChI=1S/C13H26N2O/c1-3-7-14-9-12(2)10-15-8-5-4-6-13(15)11-16/h13-14,16H,2-11H2,1H3. The van der Waals surface area contributed by atoms with Crippen LogP contribution in [0.15, 0.2) is 12.2 Å². The van der Waals surface area contributed by atoms with Crippen LogP contribution < -0.4 is 5.32 Å². The summed E-state index contributed by atoms with van der Waals surface area (Å²) in [7, 11) is 0. The highest BCUT2D eigenvalue weighted by atomic mass is 16.3. The van der Waals surface area contributed by atoms with E-state index < -0.39 is 0 Å². The first-order valence-corrected chi connectivity index (χ1v) is 6.50. The predicted octanol–water partition coefficient (Wildman–Crippen LogP) is 1.39. The van der Waals surface area contributed by atoms with Crippen LogP contribution in [0.2, 0.25) is 0 Å². The zero-order chi connectivity index (χ0) is 11.8. The Morgan fingerprint density at radius 2 is 2.31 bits per heavy atom. The molecule has 0 spiro atoms. The molecule has 2 N–H and O–H groups in total. The Morgan fingerprint density at radius 3 is 3.00 bits per heavy atom. The van der Waals surface area contributed by atoms with E-state index in [-0.39, 0.29) is 6.61 Å². The van der Waals surface area contributed by atoms with E-state index in [0.717, 1.165) is 39.0 Å². The molecule has 0 saturated carbocycles. The van der Waals surface area contributed by atoms with Gasteiger partial charge in [-0.2, -0.15) is 0 Å². The SMILES string of the molecule is C=C(CNCCC)CN1CCCCC1CO. The van der Waals surface area contributed by atoms with Gasteiger partial charge in [-0.3, -0.25) is 4.90 Å². The fraction of sp³-hybridized carbons (Fsp3) is 0.846. The zero-order valence-electron chi connectivity index (χ0n) is 10.5. The van der Waals surface area contributed by atoms with E-state index >= 15 is 0 Å². The molecule has 1 heterocycles. The predicted molar refractivity (Wildman–Crippen MR) is 68.6 cm³/mol. The van der Waals surface area contributed by atoms with Crippen LogP contribution >= 0.6 is 0 Å². The maximum Gasteiger partial charge on any atom is 0.0586 e. The lowest BCUT2D eigenvalue weighted by Gasteiger charge is -2.35. The molecule has 16 heavy (non-hydrogen) atoms. The maximum absolute atomic E-state index is 9.30. The Bertz CT molecular complexity index is 206. The fourth-order valence-corrected chi connectivity index (χ4v) is 2.26. The molecule has 0 aromatic rings. The molecule has 1 atom stereocenters. The van der Waals surface area contributed by atoms with Gasteiger partial charge in [-0.15, -0.1) is 0 Å². The van der Waals surface area contributed by atoms with Crippen LogP contribution in [0.4, 0.5) is 0 Å². The normalized spacial score (nSPS) is 22.2. The summed E-state index contributed by atoms with van der Waals surface area (Å²) in [6.45, 7) is 10.6. The smallest absolute Gasteiger partial charge is 0.0586 e. The molecule has 0 aliphatic carbocycles. The van der Waals surface area contributed by atoms with Crippen molar-refractivity contribution in [3.63, 3.8) is 0 Å². The second-order valence-electron chi connectivity index (χ2n) is 4.73. The van der Waals surface area contributed by atoms with Crippen molar-refractivity contribution in [3.05, 3.63) is 12.2 Å². The monoisotopic (exact) mass is 226 g/mol. The number of piperidine rings is 1. The number of aliphatic hydroxyl groups excluding tert-OH is 1. The van der Waals surface area contributed by atoms with Crippen LogP contribution in [-0.4, -0.2) is 48.8 Å². The first-order valence-electron chi connectivity index (χ1n) is 6.50. The van der Waals surface area contributed by atoms with Crippen LogP contribution in [0, 0.1) is 0 Å². The van der Waals surface area contributed by atoms with E-state index in [0.29, 0.717) is 6.04 Å². The molecular weight excluding hydrogens is 200 g/mol. The Kier molecular flexibility index (Phi) is 6.69. The van der Waals surface area contributed by atoms with Crippen LogP contribution in [0.5, 0.6) is 0 Å². The van der Waals surface area contributed by atoms with Gasteiger partial charge in [0.15, 0.2) is 0 Å². The molecule has 1 aliphatic heterocycles. The van der Waals surface area contributed by atoms with Crippen molar-refractivity contribution >= 4 is 0 Å². The van der Waals surface area contributed by atoms with E-state index in [4.69, 9.17) is 0 Å². The molecule has 1 rings (SSSR count). The van der Waals surface area contributed by atoms with E-state index in [1.165, 1.54) is 18.4 Å². The summed E-state index contributed by atoms with van der Waals surface area (Å²) in [5.41, 5.74) is 1.23. The van der Waals surface area contributed by atoms with Gasteiger partial charge in [0.1, 0.15) is 0 Å². The third-order valence-corrected chi connectivity index (χ3v) is 3.19. The van der Waals surface area contributed by atoms with Gasteiger partial charge in [-0.25, -0.2) is 0 Å². The van der Waals surface area contributed by atoms with Gasteiger partial charge in [0.05, 0.1) is 6.61 Å². The van der Waals surface area contributed by atoms with Gasteiger partial charge in [0, 0.05) is 19.1 Å². The average Bonchev–Trinajstić information content (AvgIpc) is 2.30. The molecule has 0 bridgehead atoms. The number of aliphatic hydroxyl groups is 1. The van der Waals surface area contributed by atoms with Crippen molar-refractivity contribution in [2.45, 2.75) is 38.6 Å². The molecule has 0 radical (unpaired) electrons. The number of hydrogen-bond acceptors (Lipinski definition) is 3. The molecule has 1 fully saturated rings. The molecule has 1 saturated heterocycles. The maximum atomic E-state index is 9.30. The molecule has 3 heteroatoms. The number of nitrogens with one attached hydrogen (secondary N) is 1. The van der Waals surface area contributed by atoms with Crippen LogP contribution in [0.1, 0.15) is 32.6 Å². The second-order valence-corrected chi connectivity index (χ2v) is 4.73. The Balaban J connectivity index is 2.25. The van der Waals surface area contributed by atoms with Gasteiger partial charge in [0.2, 0.25) is 0 Å². The molecule has 0 aromatic carbocycles. The topological polar surface area (TPSA) is 35.5 Å². The van der Waals surface area contributed by atoms with Crippen molar-refractivity contribution in [1.29, 1.82) is 0 Å². The molecule has 1 unspecified atom stereocenters. The minimum atomic E-state index is 0.287. The minimum Gasteiger partial charge on any atom is -0.395 e. The Hall–Kier alpha value is -0.380. The van der Waals surface area contributed by atoms with Crippen molar-refractivity contribution in [3.8, 4) is 0 Å². The number of nitrogens with zero attached hydrogens (tertiary/aromatic N) is 1. The molecule has 3 nitrogen and oxygen atoms in total. The van der Waals surface area contributed by atoms with Crippen LogP contribution in [0.25, 0.3) is 0 Å². The van der Waals surface area contributed by atoms with Crippen molar-refractivity contribution in [2.75, 3.05) is 32.8 Å². The van der Waals surface area contributed by atoms with Crippen molar-refractivity contribution < 1.29 is 5.11 Å². The fourth-order valence-electron chi connectivity index (χ4n) is 2.26. The first kappa shape index (κ1) is 13.7. The second kappa shape index (κ2) is 7.82. The number of likely N-dealkylation sites (tertiary alicyclic amines) is 1. The van der Waals surface area contributed by atoms with E-state index in [2.05, 4.69) is 23.7 Å². The highest BCUT2D eigenvalue weighted by Gasteiger charge is 2.21. The van der Waals surface area contributed by atoms with Crippen LogP contribution in [0.3, 0.4) is 0 Å². The van der Waals surface area contributed by atoms with Crippen molar-refractivity contribution in [2.24, 2.45) is 0 Å². The lowest BCUT2D eigenvalue weighted by Crippen LogP contribution is -2.43. The summed E-state index contributed by atoms with van der Waals surface area (Å²) in [6, 6.07) is 0.358. The quantitative estimate of drug-likeness (QED) is 0.509. The largest absolute Gasteiger partial charge is 0.395 e. The summed E-state index contributed by atoms with van der Waals surface area (Å²) >= 11 is 0. The Labute approximate surface area is 99.5 Å². The summed E-state index contributed by atoms with van der Waals surface area (Å²) < 4.78 is 0. The van der Waals surface area contributed by atoms with Gasteiger partial charge in [-0.1, -0.05) is 19.9 Å². The summed E-state index contributed by atoms with van der Waals surface area (Å²) in [4.78, 5) is 2.37. The van der Waals surface area contributed by atoms with Gasteiger partial charge < -0.3 is 10.4 Å². The minimum absolute atomic E-state index is 0.287.